The summed E-state index contributed by atoms with van der Waals surface area (Å²) in [6.45, 7) is 1.62. The number of carbonyl (C=O) groups is 1. The van der Waals surface area contributed by atoms with Crippen molar-refractivity contribution in [2.45, 2.75) is 12.5 Å². The van der Waals surface area contributed by atoms with Crippen molar-refractivity contribution in [3.8, 4) is 17.2 Å². The third-order valence-electron chi connectivity index (χ3n) is 4.83. The van der Waals surface area contributed by atoms with E-state index in [0.29, 0.717) is 11.1 Å². The Hall–Kier alpha value is -3.42. The number of hydrogen-bond acceptors (Lipinski definition) is 2. The van der Waals surface area contributed by atoms with Crippen LogP contribution in [-0.2, 0) is 10.3 Å². The minimum absolute atomic E-state index is 0.226. The normalized spacial score (nSPS) is 13.5. The lowest BCUT2D eigenvalue weighted by Crippen LogP contribution is -2.27. The number of ether oxygens (including phenoxy) is 1. The number of esters is 1. The smallest absolute Gasteiger partial charge is 0.340 e. The van der Waals surface area contributed by atoms with Gasteiger partial charge in [-0.25, -0.2) is 9.18 Å². The Labute approximate surface area is 171 Å². The zero-order valence-corrected chi connectivity index (χ0v) is 16.6. The van der Waals surface area contributed by atoms with Gasteiger partial charge < -0.3 is 4.74 Å². The molecular formula is C25H18FO2S+. The van der Waals surface area contributed by atoms with E-state index in [4.69, 9.17) is 11.2 Å². The van der Waals surface area contributed by atoms with Gasteiger partial charge in [0.05, 0.1) is 5.56 Å². The molecule has 0 radical (unpaired) electrons. The van der Waals surface area contributed by atoms with Gasteiger partial charge in [0.25, 0.3) is 0 Å². The van der Waals surface area contributed by atoms with Gasteiger partial charge in [-0.2, -0.15) is 0 Å². The van der Waals surface area contributed by atoms with E-state index in [9.17, 15) is 9.18 Å². The molecule has 2 atom stereocenters. The lowest BCUT2D eigenvalue weighted by molar-refractivity contribution is 0.0129. The van der Waals surface area contributed by atoms with Crippen molar-refractivity contribution in [2.75, 3.05) is 0 Å². The molecule has 2 nitrogen and oxygen atoms in total. The van der Waals surface area contributed by atoms with Crippen LogP contribution in [0.25, 0.3) is 15.0 Å². The summed E-state index contributed by atoms with van der Waals surface area (Å²) in [7, 11) is -0.226. The van der Waals surface area contributed by atoms with Gasteiger partial charge in [-0.15, -0.1) is 6.42 Å². The van der Waals surface area contributed by atoms with Crippen molar-refractivity contribution in [1.29, 1.82) is 0 Å². The molecular weight excluding hydrogens is 383 g/mol. The molecule has 2 unspecified atom stereocenters. The number of carbonyl (C=O) groups excluding carboxylic acids is 1. The minimum Gasteiger partial charge on any atom is -0.438 e. The number of fused-ring (bicyclic) bond motifs is 1. The van der Waals surface area contributed by atoms with Crippen molar-refractivity contribution in [3.05, 3.63) is 101 Å². The quantitative estimate of drug-likeness (QED) is 0.224. The maximum absolute atomic E-state index is 13.2. The van der Waals surface area contributed by atoms with Gasteiger partial charge >= 0.3 is 5.97 Å². The Kier molecular flexibility index (Phi) is 4.92. The lowest BCUT2D eigenvalue weighted by Gasteiger charge is -2.24. The predicted molar refractivity (Wildman–Crippen MR) is 116 cm³/mol. The van der Waals surface area contributed by atoms with Crippen LogP contribution in [0, 0.1) is 18.2 Å². The third-order valence-corrected chi connectivity index (χ3v) is 6.85. The first-order valence-electron chi connectivity index (χ1n) is 9.08. The van der Waals surface area contributed by atoms with Crippen LogP contribution in [0.4, 0.5) is 4.39 Å². The molecule has 0 aliphatic heterocycles. The highest BCUT2D eigenvalue weighted by atomic mass is 32.2. The molecule has 0 amide bonds. The van der Waals surface area contributed by atoms with Crippen molar-refractivity contribution < 1.29 is 13.9 Å². The molecule has 0 bridgehead atoms. The molecule has 0 spiro atoms. The molecule has 3 aromatic carbocycles. The van der Waals surface area contributed by atoms with Crippen LogP contribution in [0.5, 0.6) is 0 Å². The molecule has 0 saturated carbocycles. The predicted octanol–water partition coefficient (Wildman–Crippen LogP) is 6.42. The standard InChI is InChI=1S/C25H18FO2S/c1-3-25(2,20-11-13-21(26)14-12-20)28-24(27)19-8-6-9-22(17-19)29-16-15-18-7-4-5-10-23(18)29/h1,4-17H,2H3/q+1. The number of halogens is 1. The van der Waals surface area contributed by atoms with Gasteiger partial charge in [0.15, 0.2) is 15.2 Å². The van der Waals surface area contributed by atoms with Crippen molar-refractivity contribution in [3.63, 3.8) is 0 Å². The molecule has 0 fully saturated rings. The van der Waals surface area contributed by atoms with E-state index >= 15 is 0 Å². The average Bonchev–Trinajstić information content (AvgIpc) is 3.18. The van der Waals surface area contributed by atoms with Crippen molar-refractivity contribution in [2.24, 2.45) is 0 Å². The Bertz CT molecular complexity index is 1230. The van der Waals surface area contributed by atoms with E-state index in [-0.39, 0.29) is 16.3 Å². The molecule has 4 rings (SSSR count). The van der Waals surface area contributed by atoms with Crippen LogP contribution >= 0.6 is 10.5 Å². The van der Waals surface area contributed by atoms with E-state index in [1.54, 1.807) is 13.0 Å². The minimum atomic E-state index is -1.29. The zero-order valence-electron chi connectivity index (χ0n) is 15.8. The maximum atomic E-state index is 13.2. The van der Waals surface area contributed by atoms with Gasteiger partial charge in [0, 0.05) is 33.6 Å². The molecule has 1 aromatic heterocycles. The highest BCUT2D eigenvalue weighted by molar-refractivity contribution is 7.43. The van der Waals surface area contributed by atoms with E-state index in [1.807, 2.05) is 30.3 Å². The Balaban J connectivity index is 1.65. The van der Waals surface area contributed by atoms with Crippen molar-refractivity contribution in [1.82, 2.24) is 0 Å². The van der Waals surface area contributed by atoms with E-state index in [0.717, 1.165) is 4.90 Å². The molecule has 0 aliphatic carbocycles. The fraction of sp³-hybridized carbons (Fsp3) is 0.0800. The van der Waals surface area contributed by atoms with Crippen LogP contribution in [0.3, 0.4) is 0 Å². The Morgan fingerprint density at radius 1 is 1.03 bits per heavy atom. The van der Waals surface area contributed by atoms with Gasteiger partial charge in [0.2, 0.25) is 0 Å². The first kappa shape index (κ1) is 18.9. The number of hydrogen-bond donors (Lipinski definition) is 0. The summed E-state index contributed by atoms with van der Waals surface area (Å²) in [5, 5.41) is 3.35. The summed E-state index contributed by atoms with van der Waals surface area (Å²) in [5.41, 5.74) is -0.319. The van der Waals surface area contributed by atoms with E-state index in [1.165, 1.54) is 34.4 Å². The summed E-state index contributed by atoms with van der Waals surface area (Å²) in [6.07, 6.45) is 5.66. The molecule has 1 heterocycles. The molecule has 0 N–H and O–H groups in total. The summed E-state index contributed by atoms with van der Waals surface area (Å²) in [6, 6.07) is 23.4. The monoisotopic (exact) mass is 401 g/mol. The third kappa shape index (κ3) is 3.65. The SMILES string of the molecule is C#CC(C)(OC(=O)c1cccc(-[s+]2ccc3ccccc32)c1)c1ccc(F)cc1. The number of thiophene rings is 1. The van der Waals surface area contributed by atoms with Crippen LogP contribution in [0.15, 0.2) is 84.2 Å². The molecule has 0 saturated heterocycles. The topological polar surface area (TPSA) is 26.3 Å². The van der Waals surface area contributed by atoms with Gasteiger partial charge in [-0.05, 0) is 43.3 Å². The highest BCUT2D eigenvalue weighted by Gasteiger charge is 2.30. The zero-order chi connectivity index (χ0) is 20.4. The first-order valence-corrected chi connectivity index (χ1v) is 10.4. The van der Waals surface area contributed by atoms with Crippen LogP contribution in [0.1, 0.15) is 22.8 Å². The second-order valence-electron chi connectivity index (χ2n) is 6.78. The lowest BCUT2D eigenvalue weighted by atomic mass is 9.96. The summed E-state index contributed by atoms with van der Waals surface area (Å²) in [4.78, 5) is 13.9. The van der Waals surface area contributed by atoms with Gasteiger partial charge in [-0.1, -0.05) is 36.3 Å². The Morgan fingerprint density at radius 2 is 1.79 bits per heavy atom. The van der Waals surface area contributed by atoms with E-state index in [2.05, 4.69) is 29.5 Å². The summed E-state index contributed by atoms with van der Waals surface area (Å²) < 4.78 is 20.1. The summed E-state index contributed by atoms with van der Waals surface area (Å²) >= 11 is 0. The van der Waals surface area contributed by atoms with Gasteiger partial charge in [-0.3, -0.25) is 0 Å². The molecule has 4 aromatic rings. The van der Waals surface area contributed by atoms with Gasteiger partial charge in [0.1, 0.15) is 11.2 Å². The number of benzene rings is 3. The number of terminal acetylenes is 1. The summed E-state index contributed by atoms with van der Waals surface area (Å²) in [5.74, 6) is 1.63. The number of rotatable bonds is 4. The van der Waals surface area contributed by atoms with Crippen molar-refractivity contribution >= 4 is 26.5 Å². The second kappa shape index (κ2) is 7.54. The second-order valence-corrected chi connectivity index (χ2v) is 8.64. The van der Waals surface area contributed by atoms with Crippen LogP contribution < -0.4 is 0 Å². The Morgan fingerprint density at radius 3 is 2.55 bits per heavy atom. The fourth-order valence-electron chi connectivity index (χ4n) is 3.18. The molecule has 4 heteroatoms. The average molecular weight is 401 g/mol. The van der Waals surface area contributed by atoms with Crippen LogP contribution in [-0.4, -0.2) is 5.97 Å². The van der Waals surface area contributed by atoms with Crippen LogP contribution in [0.2, 0.25) is 0 Å². The largest absolute Gasteiger partial charge is 0.438 e. The first-order chi connectivity index (χ1) is 14.0. The highest BCUT2D eigenvalue weighted by Crippen LogP contribution is 2.40. The molecule has 142 valence electrons. The fourth-order valence-corrected chi connectivity index (χ4v) is 5.12. The molecule has 0 aliphatic rings. The maximum Gasteiger partial charge on any atom is 0.340 e. The van der Waals surface area contributed by atoms with E-state index < -0.39 is 11.6 Å². The molecule has 29 heavy (non-hydrogen) atoms.